The predicted octanol–water partition coefficient (Wildman–Crippen LogP) is 1.91. The molecule has 0 aromatic rings. The van der Waals surface area contributed by atoms with Crippen molar-refractivity contribution in [1.29, 1.82) is 0 Å². The second-order valence-electron chi connectivity index (χ2n) is 2.28. The molecule has 0 amide bonds. The highest BCUT2D eigenvalue weighted by molar-refractivity contribution is 5.85. The molecule has 0 bridgehead atoms. The molecule has 72 valence electrons. The highest BCUT2D eigenvalue weighted by atomic mass is 35.5. The van der Waals surface area contributed by atoms with Crippen LogP contribution >= 0.6 is 12.4 Å². The topological polar surface area (TPSA) is 52.0 Å². The van der Waals surface area contributed by atoms with Gasteiger partial charge in [-0.3, -0.25) is 0 Å². The third-order valence-electron chi connectivity index (χ3n) is 1.12. The Hall–Kier alpha value is 0.210. The largest absolute Gasteiger partial charge is 0.330 e. The van der Waals surface area contributed by atoms with Crippen molar-refractivity contribution in [3.8, 4) is 0 Å². The van der Waals surface area contributed by atoms with Crippen LogP contribution < -0.4 is 11.5 Å². The SMILES string of the molecule is CCCCN.CCCCN.Cl. The van der Waals surface area contributed by atoms with Gasteiger partial charge < -0.3 is 11.5 Å². The zero-order valence-corrected chi connectivity index (χ0v) is 8.62. The van der Waals surface area contributed by atoms with Crippen LogP contribution in [0.15, 0.2) is 0 Å². The number of unbranched alkanes of at least 4 members (excludes halogenated alkanes) is 2. The summed E-state index contributed by atoms with van der Waals surface area (Å²) in [5.41, 5.74) is 10.3. The lowest BCUT2D eigenvalue weighted by atomic mass is 10.3. The van der Waals surface area contributed by atoms with Crippen molar-refractivity contribution in [2.45, 2.75) is 39.5 Å². The Balaban J connectivity index is -0.000000107. The van der Waals surface area contributed by atoms with Gasteiger partial charge in [0.25, 0.3) is 0 Å². The first kappa shape index (κ1) is 17.3. The van der Waals surface area contributed by atoms with Crippen molar-refractivity contribution >= 4 is 12.4 Å². The summed E-state index contributed by atoms with van der Waals surface area (Å²) in [6, 6.07) is 0. The first-order valence-corrected chi connectivity index (χ1v) is 4.23. The first-order chi connectivity index (χ1) is 4.83. The lowest BCUT2D eigenvalue weighted by Crippen LogP contribution is -1.95. The molecule has 0 saturated heterocycles. The predicted molar refractivity (Wildman–Crippen MR) is 55.2 cm³/mol. The van der Waals surface area contributed by atoms with Gasteiger partial charge in [0.15, 0.2) is 0 Å². The Bertz CT molecular complexity index is 33.1. The molecule has 0 rings (SSSR count). The summed E-state index contributed by atoms with van der Waals surface area (Å²) in [4.78, 5) is 0. The van der Waals surface area contributed by atoms with Crippen LogP contribution in [0.5, 0.6) is 0 Å². The van der Waals surface area contributed by atoms with Gasteiger partial charge in [0, 0.05) is 0 Å². The van der Waals surface area contributed by atoms with Crippen LogP contribution in [0.25, 0.3) is 0 Å². The zero-order valence-electron chi connectivity index (χ0n) is 7.81. The molecule has 4 N–H and O–H groups in total. The van der Waals surface area contributed by atoms with Crippen molar-refractivity contribution in [2.75, 3.05) is 13.1 Å². The normalized spacial score (nSPS) is 7.64. The lowest BCUT2D eigenvalue weighted by molar-refractivity contribution is 0.807. The molecule has 0 aromatic carbocycles. The van der Waals surface area contributed by atoms with E-state index in [2.05, 4.69) is 13.8 Å². The lowest BCUT2D eigenvalue weighted by Gasteiger charge is -1.80. The van der Waals surface area contributed by atoms with Gasteiger partial charge in [0.05, 0.1) is 0 Å². The first-order valence-electron chi connectivity index (χ1n) is 4.23. The molecule has 0 fully saturated rings. The van der Waals surface area contributed by atoms with Crippen molar-refractivity contribution < 1.29 is 0 Å². The smallest absolute Gasteiger partial charge is 0.00774 e. The molecular formula is C8H23ClN2. The van der Waals surface area contributed by atoms with Gasteiger partial charge in [0.1, 0.15) is 0 Å². The fourth-order valence-electron chi connectivity index (χ4n) is 0.408. The van der Waals surface area contributed by atoms with Crippen LogP contribution in [-0.2, 0) is 0 Å². The fourth-order valence-corrected chi connectivity index (χ4v) is 0.408. The van der Waals surface area contributed by atoms with Crippen molar-refractivity contribution in [1.82, 2.24) is 0 Å². The molecule has 0 atom stereocenters. The molecule has 3 heteroatoms. The molecule has 0 heterocycles. The highest BCUT2D eigenvalue weighted by Crippen LogP contribution is 1.77. The number of nitrogens with two attached hydrogens (primary N) is 2. The third-order valence-corrected chi connectivity index (χ3v) is 1.12. The summed E-state index contributed by atoms with van der Waals surface area (Å²) >= 11 is 0. The third kappa shape index (κ3) is 38.8. The van der Waals surface area contributed by atoms with Crippen molar-refractivity contribution in [3.05, 3.63) is 0 Å². The van der Waals surface area contributed by atoms with Gasteiger partial charge in [-0.15, -0.1) is 12.4 Å². The number of hydrogen-bond donors (Lipinski definition) is 2. The Morgan fingerprint density at radius 2 is 1.09 bits per heavy atom. The van der Waals surface area contributed by atoms with E-state index in [1.165, 1.54) is 25.7 Å². The molecule has 0 radical (unpaired) electrons. The minimum absolute atomic E-state index is 0. The second kappa shape index (κ2) is 22.5. The van der Waals surface area contributed by atoms with Gasteiger partial charge in [-0.05, 0) is 25.9 Å². The molecule has 0 unspecified atom stereocenters. The minimum Gasteiger partial charge on any atom is -0.330 e. The molecule has 0 aromatic heterocycles. The van der Waals surface area contributed by atoms with E-state index in [0.29, 0.717) is 0 Å². The molecule has 0 spiro atoms. The van der Waals surface area contributed by atoms with E-state index in [-0.39, 0.29) is 12.4 Å². The molecular weight excluding hydrogens is 160 g/mol. The number of hydrogen-bond acceptors (Lipinski definition) is 2. The molecule has 0 aliphatic heterocycles. The minimum atomic E-state index is 0. The Morgan fingerprint density at radius 1 is 0.818 bits per heavy atom. The average molecular weight is 183 g/mol. The summed E-state index contributed by atoms with van der Waals surface area (Å²) < 4.78 is 0. The zero-order chi connectivity index (χ0) is 8.24. The maximum Gasteiger partial charge on any atom is -0.00774 e. The molecule has 0 aliphatic rings. The van der Waals surface area contributed by atoms with Crippen molar-refractivity contribution in [2.24, 2.45) is 11.5 Å². The highest BCUT2D eigenvalue weighted by Gasteiger charge is 1.68. The van der Waals surface area contributed by atoms with E-state index >= 15 is 0 Å². The van der Waals surface area contributed by atoms with Gasteiger partial charge in [0.2, 0.25) is 0 Å². The van der Waals surface area contributed by atoms with Crippen LogP contribution in [0.3, 0.4) is 0 Å². The summed E-state index contributed by atoms with van der Waals surface area (Å²) in [5.74, 6) is 0. The van der Waals surface area contributed by atoms with Gasteiger partial charge >= 0.3 is 0 Å². The van der Waals surface area contributed by atoms with E-state index in [1.54, 1.807) is 0 Å². The van der Waals surface area contributed by atoms with E-state index < -0.39 is 0 Å². The molecule has 0 saturated carbocycles. The molecule has 2 nitrogen and oxygen atoms in total. The van der Waals surface area contributed by atoms with Gasteiger partial charge in [-0.25, -0.2) is 0 Å². The van der Waals surface area contributed by atoms with Gasteiger partial charge in [-0.2, -0.15) is 0 Å². The summed E-state index contributed by atoms with van der Waals surface area (Å²) in [6.45, 7) is 5.95. The monoisotopic (exact) mass is 182 g/mol. The standard InChI is InChI=1S/2C4H11N.ClH/c2*1-2-3-4-5;/h2*2-5H2,1H3;1H. The Labute approximate surface area is 77.1 Å². The summed E-state index contributed by atoms with van der Waals surface area (Å²) in [6.07, 6.45) is 4.77. The van der Waals surface area contributed by atoms with Gasteiger partial charge in [-0.1, -0.05) is 26.7 Å². The van der Waals surface area contributed by atoms with Crippen LogP contribution in [-0.4, -0.2) is 13.1 Å². The Morgan fingerprint density at radius 3 is 1.09 bits per heavy atom. The van der Waals surface area contributed by atoms with E-state index in [1.807, 2.05) is 0 Å². The van der Waals surface area contributed by atoms with Crippen LogP contribution in [0.1, 0.15) is 39.5 Å². The quantitative estimate of drug-likeness (QED) is 0.698. The maximum absolute atomic E-state index is 5.14. The van der Waals surface area contributed by atoms with E-state index in [9.17, 15) is 0 Å². The fraction of sp³-hybridized carbons (Fsp3) is 1.00. The maximum atomic E-state index is 5.14. The van der Waals surface area contributed by atoms with E-state index in [0.717, 1.165) is 13.1 Å². The van der Waals surface area contributed by atoms with Crippen LogP contribution in [0.4, 0.5) is 0 Å². The summed E-state index contributed by atoms with van der Waals surface area (Å²) in [5, 5.41) is 0. The van der Waals surface area contributed by atoms with Crippen LogP contribution in [0, 0.1) is 0 Å². The molecule has 0 aliphatic carbocycles. The van der Waals surface area contributed by atoms with Crippen LogP contribution in [0.2, 0.25) is 0 Å². The average Bonchev–Trinajstić information content (AvgIpc) is 1.93. The van der Waals surface area contributed by atoms with Crippen molar-refractivity contribution in [3.63, 3.8) is 0 Å². The second-order valence-corrected chi connectivity index (χ2v) is 2.28. The Kier molecular flexibility index (Phi) is 35.4. The summed E-state index contributed by atoms with van der Waals surface area (Å²) in [7, 11) is 0. The number of rotatable bonds is 4. The van der Waals surface area contributed by atoms with E-state index in [4.69, 9.17) is 11.5 Å². The number of halogens is 1. The molecule has 11 heavy (non-hydrogen) atoms.